The predicted molar refractivity (Wildman–Crippen MR) is 101 cm³/mol. The van der Waals surface area contributed by atoms with E-state index in [1.54, 1.807) is 4.90 Å². The van der Waals surface area contributed by atoms with Crippen LogP contribution in [-0.2, 0) is 0 Å². The van der Waals surface area contributed by atoms with E-state index in [4.69, 9.17) is 21.1 Å². The lowest BCUT2D eigenvalue weighted by atomic mass is 9.82. The van der Waals surface area contributed by atoms with Crippen LogP contribution in [0.4, 0.5) is 14.5 Å². The first-order valence-electron chi connectivity index (χ1n) is 8.92. The van der Waals surface area contributed by atoms with E-state index in [0.717, 1.165) is 0 Å². The number of halogens is 3. The van der Waals surface area contributed by atoms with Gasteiger partial charge in [-0.05, 0) is 24.3 Å². The number of amides is 1. The van der Waals surface area contributed by atoms with Gasteiger partial charge in [-0.3, -0.25) is 4.79 Å². The molecule has 5 nitrogen and oxygen atoms in total. The first kappa shape index (κ1) is 18.8. The van der Waals surface area contributed by atoms with E-state index in [1.807, 2.05) is 6.92 Å². The van der Waals surface area contributed by atoms with Gasteiger partial charge in [0.25, 0.3) is 5.91 Å². The number of carbonyl (C=O) groups is 1. The Kier molecular flexibility index (Phi) is 4.79. The molecule has 0 unspecified atom stereocenters. The molecule has 148 valence electrons. The number of nitrogens with zero attached hydrogens (tertiary/aromatic N) is 1. The van der Waals surface area contributed by atoms with Crippen LogP contribution in [0.15, 0.2) is 30.3 Å². The minimum Gasteiger partial charge on any atom is -0.491 e. The Morgan fingerprint density at radius 1 is 1.32 bits per heavy atom. The third kappa shape index (κ3) is 3.58. The summed E-state index contributed by atoms with van der Waals surface area (Å²) in [6.45, 7) is 4.19. The minimum atomic E-state index is -0.601. The number of fused-ring (bicyclic) bond motifs is 1. The van der Waals surface area contributed by atoms with E-state index < -0.39 is 11.6 Å². The molecule has 0 atom stereocenters. The number of hydrogen-bond donors (Lipinski definition) is 1. The van der Waals surface area contributed by atoms with Gasteiger partial charge in [-0.25, -0.2) is 8.78 Å². The van der Waals surface area contributed by atoms with Gasteiger partial charge in [0.1, 0.15) is 29.7 Å². The molecule has 8 heteroatoms. The zero-order valence-electron chi connectivity index (χ0n) is 15.2. The van der Waals surface area contributed by atoms with Crippen molar-refractivity contribution >= 4 is 23.2 Å². The molecular formula is C20H19ClF2N2O3. The number of benzene rings is 2. The van der Waals surface area contributed by atoms with Crippen LogP contribution >= 0.6 is 11.6 Å². The second-order valence-corrected chi connectivity index (χ2v) is 7.85. The van der Waals surface area contributed by atoms with Crippen molar-refractivity contribution in [3.8, 4) is 11.5 Å². The molecule has 2 aliphatic rings. The molecular weight excluding hydrogens is 390 g/mol. The van der Waals surface area contributed by atoms with Crippen LogP contribution in [0, 0.1) is 17.0 Å². The van der Waals surface area contributed by atoms with Gasteiger partial charge < -0.3 is 19.7 Å². The van der Waals surface area contributed by atoms with Gasteiger partial charge in [0, 0.05) is 31.1 Å². The average Bonchev–Trinajstić information content (AvgIpc) is 2.64. The topological polar surface area (TPSA) is 50.8 Å². The molecule has 2 aromatic carbocycles. The lowest BCUT2D eigenvalue weighted by Crippen LogP contribution is -2.59. The third-order valence-electron chi connectivity index (χ3n) is 4.88. The standard InChI is InChI=1S/C20H19ClF2N2O3/c1-20(11-28-17-3-2-12(22)6-14(17)21)9-25(10-20)19(26)13-7-16-18(8-15(13)23)27-5-4-24-16/h2-3,6-8,24H,4-5,9-11H2,1H3. The highest BCUT2D eigenvalue weighted by atomic mass is 35.5. The fourth-order valence-electron chi connectivity index (χ4n) is 3.45. The summed E-state index contributed by atoms with van der Waals surface area (Å²) in [5, 5.41) is 3.30. The molecule has 1 N–H and O–H groups in total. The van der Waals surface area contributed by atoms with Gasteiger partial charge in [0.15, 0.2) is 0 Å². The number of rotatable bonds is 4. The van der Waals surface area contributed by atoms with Crippen LogP contribution in [0.1, 0.15) is 17.3 Å². The summed E-state index contributed by atoms with van der Waals surface area (Å²) in [6.07, 6.45) is 0. The van der Waals surface area contributed by atoms with E-state index in [2.05, 4.69) is 5.32 Å². The molecule has 2 aromatic rings. The van der Waals surface area contributed by atoms with Crippen molar-refractivity contribution in [1.82, 2.24) is 4.90 Å². The van der Waals surface area contributed by atoms with E-state index in [-0.39, 0.29) is 21.9 Å². The normalized spacial score (nSPS) is 17.1. The van der Waals surface area contributed by atoms with Crippen LogP contribution in [0.2, 0.25) is 5.02 Å². The maximum atomic E-state index is 14.4. The number of ether oxygens (including phenoxy) is 2. The van der Waals surface area contributed by atoms with Gasteiger partial charge in [0.05, 0.1) is 22.9 Å². The number of anilines is 1. The predicted octanol–water partition coefficient (Wildman–Crippen LogP) is 3.96. The summed E-state index contributed by atoms with van der Waals surface area (Å²) >= 11 is 5.97. The molecule has 4 rings (SSSR count). The molecule has 0 saturated carbocycles. The average molecular weight is 409 g/mol. The van der Waals surface area contributed by atoms with E-state index >= 15 is 0 Å². The summed E-state index contributed by atoms with van der Waals surface area (Å²) in [7, 11) is 0. The quantitative estimate of drug-likeness (QED) is 0.832. The molecule has 28 heavy (non-hydrogen) atoms. The highest BCUT2D eigenvalue weighted by molar-refractivity contribution is 6.32. The third-order valence-corrected chi connectivity index (χ3v) is 5.17. The SMILES string of the molecule is CC1(COc2ccc(F)cc2Cl)CN(C(=O)c2cc3c(cc2F)OCCN3)C1. The van der Waals surface area contributed by atoms with Crippen LogP contribution in [0.5, 0.6) is 11.5 Å². The Bertz CT molecular complexity index is 932. The number of likely N-dealkylation sites (tertiary alicyclic amines) is 1. The molecule has 0 radical (unpaired) electrons. The second-order valence-electron chi connectivity index (χ2n) is 7.44. The van der Waals surface area contributed by atoms with Gasteiger partial charge in [-0.1, -0.05) is 18.5 Å². The summed E-state index contributed by atoms with van der Waals surface area (Å²) in [5.41, 5.74) is 0.342. The maximum Gasteiger partial charge on any atom is 0.256 e. The van der Waals surface area contributed by atoms with Gasteiger partial charge in [-0.15, -0.1) is 0 Å². The van der Waals surface area contributed by atoms with Gasteiger partial charge in [0.2, 0.25) is 0 Å². The van der Waals surface area contributed by atoms with Crippen molar-refractivity contribution < 1.29 is 23.0 Å². The Morgan fingerprint density at radius 2 is 2.11 bits per heavy atom. The van der Waals surface area contributed by atoms with E-state index in [9.17, 15) is 13.6 Å². The first-order chi connectivity index (χ1) is 13.3. The highest BCUT2D eigenvalue weighted by Crippen LogP contribution is 2.36. The lowest BCUT2D eigenvalue weighted by Gasteiger charge is -2.47. The van der Waals surface area contributed by atoms with Crippen molar-refractivity contribution in [2.75, 3.05) is 38.2 Å². The van der Waals surface area contributed by atoms with Crippen LogP contribution in [-0.4, -0.2) is 43.7 Å². The Labute approximate surface area is 166 Å². The van der Waals surface area contributed by atoms with Crippen molar-refractivity contribution in [1.29, 1.82) is 0 Å². The van der Waals surface area contributed by atoms with Crippen molar-refractivity contribution in [3.05, 3.63) is 52.6 Å². The fourth-order valence-corrected chi connectivity index (χ4v) is 3.67. The van der Waals surface area contributed by atoms with Crippen molar-refractivity contribution in [2.45, 2.75) is 6.92 Å². The fraction of sp³-hybridized carbons (Fsp3) is 0.350. The van der Waals surface area contributed by atoms with Gasteiger partial charge >= 0.3 is 0 Å². The molecule has 0 bridgehead atoms. The Morgan fingerprint density at radius 3 is 2.86 bits per heavy atom. The van der Waals surface area contributed by atoms with Crippen LogP contribution in [0.3, 0.4) is 0 Å². The largest absolute Gasteiger partial charge is 0.491 e. The molecule has 1 amide bonds. The molecule has 0 aromatic heterocycles. The lowest BCUT2D eigenvalue weighted by molar-refractivity contribution is -0.00937. The Balaban J connectivity index is 1.39. The monoisotopic (exact) mass is 408 g/mol. The summed E-state index contributed by atoms with van der Waals surface area (Å²) in [4.78, 5) is 14.3. The minimum absolute atomic E-state index is 0.0151. The van der Waals surface area contributed by atoms with E-state index in [0.29, 0.717) is 50.0 Å². The molecule has 1 fully saturated rings. The molecule has 0 spiro atoms. The smallest absolute Gasteiger partial charge is 0.256 e. The van der Waals surface area contributed by atoms with Crippen molar-refractivity contribution in [3.63, 3.8) is 0 Å². The van der Waals surface area contributed by atoms with Crippen LogP contribution in [0.25, 0.3) is 0 Å². The van der Waals surface area contributed by atoms with Gasteiger partial charge in [-0.2, -0.15) is 0 Å². The molecule has 1 saturated heterocycles. The number of carbonyl (C=O) groups excluding carboxylic acids is 1. The zero-order chi connectivity index (χ0) is 19.9. The number of nitrogens with one attached hydrogen (secondary N) is 1. The summed E-state index contributed by atoms with van der Waals surface area (Å²) < 4.78 is 38.6. The molecule has 2 heterocycles. The molecule has 2 aliphatic heterocycles. The van der Waals surface area contributed by atoms with E-state index in [1.165, 1.54) is 30.3 Å². The summed E-state index contributed by atoms with van der Waals surface area (Å²) in [5.74, 6) is -0.601. The molecule has 0 aliphatic carbocycles. The highest BCUT2D eigenvalue weighted by Gasteiger charge is 2.43. The number of hydrogen-bond acceptors (Lipinski definition) is 4. The summed E-state index contributed by atoms with van der Waals surface area (Å²) in [6, 6.07) is 6.67. The maximum absolute atomic E-state index is 14.4. The first-order valence-corrected chi connectivity index (χ1v) is 9.30. The van der Waals surface area contributed by atoms with Crippen molar-refractivity contribution in [2.24, 2.45) is 5.41 Å². The van der Waals surface area contributed by atoms with Crippen LogP contribution < -0.4 is 14.8 Å². The second kappa shape index (κ2) is 7.13. The Hall–Kier alpha value is -2.54. The zero-order valence-corrected chi connectivity index (χ0v) is 16.0.